The largest absolute Gasteiger partial charge is 0.350 e. The van der Waals surface area contributed by atoms with E-state index in [1.807, 2.05) is 38.7 Å². The summed E-state index contributed by atoms with van der Waals surface area (Å²) in [6.07, 6.45) is 0.825. The minimum Gasteiger partial charge on any atom is -0.350 e. The van der Waals surface area contributed by atoms with Gasteiger partial charge in [-0.3, -0.25) is 4.79 Å². The maximum atomic E-state index is 13.3. The first-order chi connectivity index (χ1) is 9.85. The fourth-order valence-electron chi connectivity index (χ4n) is 2.62. The van der Waals surface area contributed by atoms with Crippen LogP contribution in [0.1, 0.15) is 34.1 Å². The maximum absolute atomic E-state index is 13.3. The number of pyridine rings is 1. The molecule has 1 atom stereocenters. The van der Waals surface area contributed by atoms with Crippen LogP contribution in [-0.4, -0.2) is 41.5 Å². The summed E-state index contributed by atoms with van der Waals surface area (Å²) in [7, 11) is 0. The number of rotatable bonds is 3. The van der Waals surface area contributed by atoms with Crippen LogP contribution in [0, 0.1) is 11.4 Å². The van der Waals surface area contributed by atoms with Gasteiger partial charge in [0.05, 0.1) is 0 Å². The lowest BCUT2D eigenvalue weighted by atomic mass is 9.88. The average Bonchev–Trinajstić information content (AvgIpc) is 2.46. The lowest BCUT2D eigenvalue weighted by Gasteiger charge is -2.42. The topological polar surface area (TPSA) is 36.4 Å². The molecular formula is C16H24FN3O. The molecule has 2 rings (SSSR count). The molecule has 116 valence electrons. The molecule has 0 N–H and O–H groups in total. The van der Waals surface area contributed by atoms with E-state index in [2.05, 4.69) is 9.88 Å². The molecule has 5 heteroatoms. The van der Waals surface area contributed by atoms with E-state index >= 15 is 0 Å². The van der Waals surface area contributed by atoms with Gasteiger partial charge in [-0.15, -0.1) is 0 Å². The van der Waals surface area contributed by atoms with Crippen molar-refractivity contribution in [1.82, 2.24) is 9.88 Å². The molecule has 0 aromatic carbocycles. The van der Waals surface area contributed by atoms with E-state index in [1.54, 1.807) is 6.07 Å². The van der Waals surface area contributed by atoms with E-state index in [-0.39, 0.29) is 17.4 Å². The first-order valence-electron chi connectivity index (χ1n) is 7.53. The molecular weight excluding hydrogens is 269 g/mol. The van der Waals surface area contributed by atoms with Crippen molar-refractivity contribution in [2.24, 2.45) is 5.41 Å². The van der Waals surface area contributed by atoms with Crippen molar-refractivity contribution in [1.29, 1.82) is 0 Å². The third-order valence-electron chi connectivity index (χ3n) is 4.37. The standard InChI is InChI=1S/C16H24FN3O/c1-5-16(3,4)15(21)19-9-10-20(12(2)11-19)14-8-6-7-13(17)18-14/h6-8,12H,5,9-11H2,1-4H3. The zero-order chi connectivity index (χ0) is 15.6. The number of hydrogen-bond acceptors (Lipinski definition) is 3. The Morgan fingerprint density at radius 1 is 1.43 bits per heavy atom. The highest BCUT2D eigenvalue weighted by atomic mass is 19.1. The number of carbonyl (C=O) groups is 1. The number of halogens is 1. The third kappa shape index (κ3) is 3.34. The summed E-state index contributed by atoms with van der Waals surface area (Å²) >= 11 is 0. The molecule has 0 bridgehead atoms. The molecule has 21 heavy (non-hydrogen) atoms. The van der Waals surface area contributed by atoms with Gasteiger partial charge in [-0.05, 0) is 25.5 Å². The number of aromatic nitrogens is 1. The predicted octanol–water partition coefficient (Wildman–Crippen LogP) is 2.69. The Morgan fingerprint density at radius 3 is 2.71 bits per heavy atom. The Kier molecular flexibility index (Phi) is 4.49. The molecule has 1 amide bonds. The average molecular weight is 293 g/mol. The van der Waals surface area contributed by atoms with Gasteiger partial charge in [0.25, 0.3) is 0 Å². The summed E-state index contributed by atoms with van der Waals surface area (Å²) in [6.45, 7) is 10.1. The fourth-order valence-corrected chi connectivity index (χ4v) is 2.62. The highest BCUT2D eigenvalue weighted by molar-refractivity contribution is 5.82. The summed E-state index contributed by atoms with van der Waals surface area (Å²) in [5.74, 6) is 0.373. The van der Waals surface area contributed by atoms with E-state index in [0.717, 1.165) is 6.42 Å². The van der Waals surface area contributed by atoms with Crippen molar-refractivity contribution >= 4 is 11.7 Å². The first-order valence-corrected chi connectivity index (χ1v) is 7.53. The molecule has 0 spiro atoms. The molecule has 1 aromatic rings. The summed E-state index contributed by atoms with van der Waals surface area (Å²) < 4.78 is 13.3. The molecule has 1 unspecified atom stereocenters. The second-order valence-corrected chi connectivity index (χ2v) is 6.35. The minimum atomic E-state index is -0.467. The van der Waals surface area contributed by atoms with Crippen LogP contribution in [0.25, 0.3) is 0 Å². The SMILES string of the molecule is CCC(C)(C)C(=O)N1CCN(c2cccc(F)n2)C(C)C1. The molecule has 0 saturated carbocycles. The second kappa shape index (κ2) is 6.00. The summed E-state index contributed by atoms with van der Waals surface area (Å²) in [6, 6.07) is 4.96. The van der Waals surface area contributed by atoms with Gasteiger partial charge >= 0.3 is 0 Å². The normalized spacial score (nSPS) is 19.8. The quantitative estimate of drug-likeness (QED) is 0.804. The van der Waals surface area contributed by atoms with Gasteiger partial charge < -0.3 is 9.80 Å². The number of piperazine rings is 1. The van der Waals surface area contributed by atoms with Crippen molar-refractivity contribution < 1.29 is 9.18 Å². The monoisotopic (exact) mass is 293 g/mol. The van der Waals surface area contributed by atoms with Crippen LogP contribution in [0.5, 0.6) is 0 Å². The van der Waals surface area contributed by atoms with E-state index in [1.165, 1.54) is 6.07 Å². The lowest BCUT2D eigenvalue weighted by molar-refractivity contribution is -0.141. The van der Waals surface area contributed by atoms with Gasteiger partial charge in [0, 0.05) is 31.1 Å². The molecule has 1 saturated heterocycles. The van der Waals surface area contributed by atoms with E-state index < -0.39 is 5.95 Å². The highest BCUT2D eigenvalue weighted by Gasteiger charge is 2.34. The van der Waals surface area contributed by atoms with Crippen molar-refractivity contribution in [2.45, 2.75) is 40.2 Å². The minimum absolute atomic E-state index is 0.129. The van der Waals surface area contributed by atoms with Gasteiger partial charge in [0.2, 0.25) is 11.9 Å². The van der Waals surface area contributed by atoms with E-state index in [9.17, 15) is 9.18 Å². The smallest absolute Gasteiger partial charge is 0.228 e. The highest BCUT2D eigenvalue weighted by Crippen LogP contribution is 2.26. The van der Waals surface area contributed by atoms with E-state index in [4.69, 9.17) is 0 Å². The Morgan fingerprint density at radius 2 is 2.14 bits per heavy atom. The van der Waals surface area contributed by atoms with Gasteiger partial charge in [-0.2, -0.15) is 4.39 Å². The van der Waals surface area contributed by atoms with Crippen LogP contribution >= 0.6 is 0 Å². The van der Waals surface area contributed by atoms with Gasteiger partial charge in [0.1, 0.15) is 5.82 Å². The predicted molar refractivity (Wildman–Crippen MR) is 81.7 cm³/mol. The van der Waals surface area contributed by atoms with Crippen LogP contribution in [0.3, 0.4) is 0 Å². The molecule has 1 aliphatic heterocycles. The Hall–Kier alpha value is -1.65. The van der Waals surface area contributed by atoms with Crippen LogP contribution < -0.4 is 4.90 Å². The number of nitrogens with zero attached hydrogens (tertiary/aromatic N) is 3. The van der Waals surface area contributed by atoms with Gasteiger partial charge in [-0.1, -0.05) is 26.8 Å². The molecule has 0 aliphatic carbocycles. The maximum Gasteiger partial charge on any atom is 0.228 e. The first kappa shape index (κ1) is 15.7. The third-order valence-corrected chi connectivity index (χ3v) is 4.37. The molecule has 1 aromatic heterocycles. The number of carbonyl (C=O) groups excluding carboxylic acids is 1. The van der Waals surface area contributed by atoms with Crippen LogP contribution in [-0.2, 0) is 4.79 Å². The van der Waals surface area contributed by atoms with Crippen LogP contribution in [0.4, 0.5) is 10.2 Å². The van der Waals surface area contributed by atoms with Gasteiger partial charge in [-0.25, -0.2) is 4.98 Å². The zero-order valence-electron chi connectivity index (χ0n) is 13.3. The summed E-state index contributed by atoms with van der Waals surface area (Å²) in [5, 5.41) is 0. The molecule has 1 fully saturated rings. The van der Waals surface area contributed by atoms with Crippen LogP contribution in [0.15, 0.2) is 18.2 Å². The van der Waals surface area contributed by atoms with Crippen molar-refractivity contribution in [2.75, 3.05) is 24.5 Å². The molecule has 1 aliphatic rings. The zero-order valence-corrected chi connectivity index (χ0v) is 13.3. The second-order valence-electron chi connectivity index (χ2n) is 6.35. The lowest BCUT2D eigenvalue weighted by Crippen LogP contribution is -2.56. The Bertz CT molecular complexity index is 518. The van der Waals surface area contributed by atoms with Crippen molar-refractivity contribution in [3.8, 4) is 0 Å². The van der Waals surface area contributed by atoms with Crippen LogP contribution in [0.2, 0.25) is 0 Å². The number of amides is 1. The summed E-state index contributed by atoms with van der Waals surface area (Å²) in [4.78, 5) is 20.4. The molecule has 2 heterocycles. The van der Waals surface area contributed by atoms with Crippen molar-refractivity contribution in [3.63, 3.8) is 0 Å². The summed E-state index contributed by atoms with van der Waals surface area (Å²) in [5.41, 5.74) is -0.320. The number of anilines is 1. The van der Waals surface area contributed by atoms with Gasteiger partial charge in [0.15, 0.2) is 0 Å². The Labute approximate surface area is 126 Å². The molecule has 0 radical (unpaired) electrons. The Balaban J connectivity index is 2.07. The molecule has 4 nitrogen and oxygen atoms in total. The number of hydrogen-bond donors (Lipinski definition) is 0. The fraction of sp³-hybridized carbons (Fsp3) is 0.625. The van der Waals surface area contributed by atoms with E-state index in [0.29, 0.717) is 25.5 Å². The van der Waals surface area contributed by atoms with Crippen molar-refractivity contribution in [3.05, 3.63) is 24.1 Å².